The number of rotatable bonds is 1. The van der Waals surface area contributed by atoms with E-state index in [0.29, 0.717) is 5.70 Å². The van der Waals surface area contributed by atoms with Gasteiger partial charge in [-0.15, -0.1) is 0 Å². The quantitative estimate of drug-likeness (QED) is 0.630. The summed E-state index contributed by atoms with van der Waals surface area (Å²) in [5.74, 6) is 0. The summed E-state index contributed by atoms with van der Waals surface area (Å²) in [4.78, 5) is 0. The molecule has 1 unspecified atom stereocenters. The van der Waals surface area contributed by atoms with Gasteiger partial charge < -0.3 is 16.2 Å². The van der Waals surface area contributed by atoms with Crippen LogP contribution in [0.5, 0.6) is 0 Å². The van der Waals surface area contributed by atoms with Gasteiger partial charge in [-0.2, -0.15) is 0 Å². The number of benzene rings is 1. The van der Waals surface area contributed by atoms with Crippen LogP contribution < -0.4 is 11.1 Å². The van der Waals surface area contributed by atoms with Crippen LogP contribution in [-0.2, 0) is 0 Å². The van der Waals surface area contributed by atoms with E-state index in [0.717, 1.165) is 17.4 Å². The van der Waals surface area contributed by atoms with E-state index in [2.05, 4.69) is 5.32 Å². The fraction of sp³-hybridized carbons (Fsp3) is 0.231. The first-order valence-electron chi connectivity index (χ1n) is 5.23. The topological polar surface area (TPSA) is 58.3 Å². The Morgan fingerprint density at radius 1 is 1.31 bits per heavy atom. The molecule has 1 aliphatic heterocycles. The third kappa shape index (κ3) is 1.82. The first-order chi connectivity index (χ1) is 7.53. The first kappa shape index (κ1) is 10.8. The van der Waals surface area contributed by atoms with Crippen molar-refractivity contribution in [2.75, 3.05) is 0 Å². The Balaban J connectivity index is 2.43. The van der Waals surface area contributed by atoms with Gasteiger partial charge in [-0.3, -0.25) is 0 Å². The maximum atomic E-state index is 8.98. The molecule has 0 radical (unpaired) electrons. The summed E-state index contributed by atoms with van der Waals surface area (Å²) in [7, 11) is 0. The SMILES string of the molecule is Cc1ccc(C2=C/C(=C/O)NC2(C)N)cc1. The van der Waals surface area contributed by atoms with Crippen LogP contribution in [0.1, 0.15) is 18.1 Å². The van der Waals surface area contributed by atoms with Crippen molar-refractivity contribution < 1.29 is 5.11 Å². The van der Waals surface area contributed by atoms with Crippen LogP contribution in [0.2, 0.25) is 0 Å². The van der Waals surface area contributed by atoms with E-state index >= 15 is 0 Å². The number of hydrogen-bond acceptors (Lipinski definition) is 3. The number of aliphatic hydroxyl groups excluding tert-OH is 1. The number of hydrogen-bond donors (Lipinski definition) is 3. The summed E-state index contributed by atoms with van der Waals surface area (Å²) in [5.41, 5.74) is 9.39. The summed E-state index contributed by atoms with van der Waals surface area (Å²) in [6.07, 6.45) is 2.90. The lowest BCUT2D eigenvalue weighted by molar-refractivity contribution is 0.454. The molecule has 2 rings (SSSR count). The van der Waals surface area contributed by atoms with Gasteiger partial charge in [0.1, 0.15) is 11.9 Å². The normalized spacial score (nSPS) is 26.7. The summed E-state index contributed by atoms with van der Waals surface area (Å²) in [6, 6.07) is 8.17. The molecule has 0 spiro atoms. The fourth-order valence-electron chi connectivity index (χ4n) is 1.89. The summed E-state index contributed by atoms with van der Waals surface area (Å²) < 4.78 is 0. The van der Waals surface area contributed by atoms with Crippen LogP contribution in [0, 0.1) is 6.92 Å². The van der Waals surface area contributed by atoms with Gasteiger partial charge in [-0.25, -0.2) is 0 Å². The lowest BCUT2D eigenvalue weighted by atomic mass is 9.96. The lowest BCUT2D eigenvalue weighted by Gasteiger charge is -2.24. The Labute approximate surface area is 95.3 Å². The van der Waals surface area contributed by atoms with Crippen molar-refractivity contribution in [3.05, 3.63) is 53.4 Å². The van der Waals surface area contributed by atoms with Gasteiger partial charge in [0, 0.05) is 5.57 Å². The van der Waals surface area contributed by atoms with Crippen molar-refractivity contribution in [2.45, 2.75) is 19.5 Å². The zero-order chi connectivity index (χ0) is 11.8. The van der Waals surface area contributed by atoms with Gasteiger partial charge >= 0.3 is 0 Å². The van der Waals surface area contributed by atoms with E-state index in [1.54, 1.807) is 0 Å². The third-order valence-corrected chi connectivity index (χ3v) is 2.77. The minimum Gasteiger partial charge on any atom is -0.513 e. The lowest BCUT2D eigenvalue weighted by Crippen LogP contribution is -2.47. The predicted molar refractivity (Wildman–Crippen MR) is 65.6 cm³/mol. The van der Waals surface area contributed by atoms with E-state index in [-0.39, 0.29) is 0 Å². The van der Waals surface area contributed by atoms with E-state index in [4.69, 9.17) is 10.8 Å². The number of aryl methyl sites for hydroxylation is 1. The number of nitrogens with two attached hydrogens (primary N) is 1. The Morgan fingerprint density at radius 3 is 2.44 bits per heavy atom. The Bertz CT molecular complexity index is 455. The second-order valence-corrected chi connectivity index (χ2v) is 4.34. The summed E-state index contributed by atoms with van der Waals surface area (Å²) >= 11 is 0. The molecule has 0 fully saturated rings. The minimum atomic E-state index is -0.635. The number of aliphatic hydroxyl groups is 1. The van der Waals surface area contributed by atoms with Crippen molar-refractivity contribution in [3.63, 3.8) is 0 Å². The maximum absolute atomic E-state index is 8.98. The Morgan fingerprint density at radius 2 is 1.94 bits per heavy atom. The van der Waals surface area contributed by atoms with E-state index in [1.807, 2.05) is 44.2 Å². The molecular weight excluding hydrogens is 200 g/mol. The number of nitrogens with one attached hydrogen (secondary N) is 1. The van der Waals surface area contributed by atoms with Crippen LogP contribution in [0.3, 0.4) is 0 Å². The highest BCUT2D eigenvalue weighted by molar-refractivity contribution is 5.77. The average molecular weight is 216 g/mol. The van der Waals surface area contributed by atoms with Crippen LogP contribution >= 0.6 is 0 Å². The smallest absolute Gasteiger partial charge is 0.110 e. The molecule has 0 saturated carbocycles. The molecule has 3 nitrogen and oxygen atoms in total. The molecule has 16 heavy (non-hydrogen) atoms. The molecule has 84 valence electrons. The Kier molecular flexibility index (Phi) is 2.48. The first-order valence-corrected chi connectivity index (χ1v) is 5.23. The van der Waals surface area contributed by atoms with Crippen molar-refractivity contribution in [1.82, 2.24) is 5.32 Å². The van der Waals surface area contributed by atoms with Gasteiger partial charge in [0.05, 0.1) is 5.70 Å². The fourth-order valence-corrected chi connectivity index (χ4v) is 1.89. The zero-order valence-corrected chi connectivity index (χ0v) is 9.49. The second kappa shape index (κ2) is 3.68. The van der Waals surface area contributed by atoms with Crippen LogP contribution in [0.15, 0.2) is 42.3 Å². The molecule has 1 aromatic rings. The molecule has 0 aromatic heterocycles. The van der Waals surface area contributed by atoms with Gasteiger partial charge in [-0.1, -0.05) is 29.8 Å². The van der Waals surface area contributed by atoms with E-state index in [1.165, 1.54) is 5.56 Å². The standard InChI is InChI=1S/C13H16N2O/c1-9-3-5-10(6-4-9)12-7-11(8-16)15-13(12,2)14/h3-8,15-16H,14H2,1-2H3/b11-8-. The molecule has 3 heteroatoms. The van der Waals surface area contributed by atoms with E-state index < -0.39 is 5.66 Å². The maximum Gasteiger partial charge on any atom is 0.110 e. The molecule has 4 N–H and O–H groups in total. The Hall–Kier alpha value is -1.74. The highest BCUT2D eigenvalue weighted by Gasteiger charge is 2.30. The molecule has 0 amide bonds. The zero-order valence-electron chi connectivity index (χ0n) is 9.49. The summed E-state index contributed by atoms with van der Waals surface area (Å²) in [5, 5.41) is 12.0. The van der Waals surface area contributed by atoms with Gasteiger partial charge in [0.15, 0.2) is 0 Å². The highest BCUT2D eigenvalue weighted by atomic mass is 16.2. The molecular formula is C13H16N2O. The molecule has 1 heterocycles. The van der Waals surface area contributed by atoms with E-state index in [9.17, 15) is 0 Å². The molecule has 1 aromatic carbocycles. The van der Waals surface area contributed by atoms with Gasteiger partial charge in [0.25, 0.3) is 0 Å². The highest BCUT2D eigenvalue weighted by Crippen LogP contribution is 2.30. The average Bonchev–Trinajstić information content (AvgIpc) is 2.55. The van der Waals surface area contributed by atoms with Gasteiger partial charge in [-0.05, 0) is 25.5 Å². The molecule has 0 saturated heterocycles. The second-order valence-electron chi connectivity index (χ2n) is 4.34. The largest absolute Gasteiger partial charge is 0.513 e. The molecule has 0 bridgehead atoms. The monoisotopic (exact) mass is 216 g/mol. The van der Waals surface area contributed by atoms with Crippen LogP contribution in [0.4, 0.5) is 0 Å². The van der Waals surface area contributed by atoms with Crippen LogP contribution in [0.25, 0.3) is 5.57 Å². The summed E-state index contributed by atoms with van der Waals surface area (Å²) in [6.45, 7) is 3.93. The van der Waals surface area contributed by atoms with Crippen molar-refractivity contribution >= 4 is 5.57 Å². The van der Waals surface area contributed by atoms with Crippen molar-refractivity contribution in [2.24, 2.45) is 5.73 Å². The number of allylic oxidation sites excluding steroid dienone is 1. The third-order valence-electron chi connectivity index (χ3n) is 2.77. The molecule has 0 aliphatic carbocycles. The van der Waals surface area contributed by atoms with Crippen LogP contribution in [-0.4, -0.2) is 10.8 Å². The molecule has 1 aliphatic rings. The minimum absolute atomic E-state index is 0.635. The van der Waals surface area contributed by atoms with Crippen molar-refractivity contribution in [1.29, 1.82) is 0 Å². The van der Waals surface area contributed by atoms with Gasteiger partial charge in [0.2, 0.25) is 0 Å². The van der Waals surface area contributed by atoms with Crippen molar-refractivity contribution in [3.8, 4) is 0 Å². The molecule has 1 atom stereocenters. The predicted octanol–water partition coefficient (Wildman–Crippen LogP) is 2.06.